The molecular weight excluding hydrogens is 380 g/mol. The lowest BCUT2D eigenvalue weighted by Gasteiger charge is -2.31. The third-order valence-corrected chi connectivity index (χ3v) is 5.61. The molecule has 2 aromatic carbocycles. The monoisotopic (exact) mass is 410 g/mol. The first-order valence-electron chi connectivity index (χ1n) is 10.4. The van der Waals surface area contributed by atoms with E-state index < -0.39 is 0 Å². The quantitative estimate of drug-likeness (QED) is 0.761. The van der Waals surface area contributed by atoms with E-state index in [9.17, 15) is 9.59 Å². The van der Waals surface area contributed by atoms with Gasteiger partial charge in [-0.3, -0.25) is 9.59 Å². The van der Waals surface area contributed by atoms with Crippen LogP contribution in [-0.2, 0) is 11.2 Å². The van der Waals surface area contributed by atoms with Crippen LogP contribution in [0.15, 0.2) is 42.5 Å². The predicted octanol–water partition coefficient (Wildman–Crippen LogP) is 3.22. The molecule has 0 aliphatic carbocycles. The number of rotatable bonds is 7. The number of aryl methyl sites for hydroxylation is 1. The number of carbonyl (C=O) groups is 2. The van der Waals surface area contributed by atoms with Crippen molar-refractivity contribution in [3.63, 3.8) is 0 Å². The minimum Gasteiger partial charge on any atom is -0.493 e. The van der Waals surface area contributed by atoms with Gasteiger partial charge in [-0.1, -0.05) is 23.8 Å². The SMILES string of the molecule is COc1ccc(CCNC(=O)C2CCN(C(=O)c3ccc(C)cc3)CC2)cc1OC. The zero-order chi connectivity index (χ0) is 21.5. The lowest BCUT2D eigenvalue weighted by Crippen LogP contribution is -2.43. The second-order valence-electron chi connectivity index (χ2n) is 7.66. The summed E-state index contributed by atoms with van der Waals surface area (Å²) in [7, 11) is 3.22. The fraction of sp³-hybridized carbons (Fsp3) is 0.417. The van der Waals surface area contributed by atoms with Crippen molar-refractivity contribution in [3.05, 3.63) is 59.2 Å². The number of nitrogens with one attached hydrogen (secondary N) is 1. The Labute approximate surface area is 178 Å². The number of hydrogen-bond donors (Lipinski definition) is 1. The Bertz CT molecular complexity index is 871. The van der Waals surface area contributed by atoms with Gasteiger partial charge in [-0.05, 0) is 56.0 Å². The summed E-state index contributed by atoms with van der Waals surface area (Å²) in [5.74, 6) is 1.45. The molecule has 3 rings (SSSR count). The molecule has 30 heavy (non-hydrogen) atoms. The largest absolute Gasteiger partial charge is 0.493 e. The number of hydrogen-bond acceptors (Lipinski definition) is 4. The predicted molar refractivity (Wildman–Crippen MR) is 116 cm³/mol. The zero-order valence-electron chi connectivity index (χ0n) is 17.9. The first kappa shape index (κ1) is 21.7. The van der Waals surface area contributed by atoms with E-state index in [1.54, 1.807) is 14.2 Å². The van der Waals surface area contributed by atoms with E-state index >= 15 is 0 Å². The average molecular weight is 411 g/mol. The molecule has 1 fully saturated rings. The summed E-state index contributed by atoms with van der Waals surface area (Å²) in [6, 6.07) is 13.4. The Morgan fingerprint density at radius 1 is 1.00 bits per heavy atom. The smallest absolute Gasteiger partial charge is 0.253 e. The van der Waals surface area contributed by atoms with Crippen molar-refractivity contribution in [2.75, 3.05) is 33.9 Å². The number of benzene rings is 2. The zero-order valence-corrected chi connectivity index (χ0v) is 17.9. The van der Waals surface area contributed by atoms with Crippen LogP contribution in [0.4, 0.5) is 0 Å². The summed E-state index contributed by atoms with van der Waals surface area (Å²) in [6.07, 6.45) is 2.11. The number of piperidine rings is 1. The number of methoxy groups -OCH3 is 2. The van der Waals surface area contributed by atoms with Gasteiger partial charge >= 0.3 is 0 Å². The molecule has 2 aromatic rings. The number of carbonyl (C=O) groups excluding carboxylic acids is 2. The van der Waals surface area contributed by atoms with Gasteiger partial charge < -0.3 is 19.7 Å². The number of amides is 2. The van der Waals surface area contributed by atoms with Crippen molar-refractivity contribution in [1.29, 1.82) is 0 Å². The number of nitrogens with zero attached hydrogens (tertiary/aromatic N) is 1. The summed E-state index contributed by atoms with van der Waals surface area (Å²) >= 11 is 0. The standard InChI is InChI=1S/C24H30N2O4/c1-17-4-7-20(8-5-17)24(28)26-14-11-19(12-15-26)23(27)25-13-10-18-6-9-21(29-2)22(16-18)30-3/h4-9,16,19H,10-15H2,1-3H3,(H,25,27). The van der Waals surface area contributed by atoms with Gasteiger partial charge in [0.1, 0.15) is 0 Å². The van der Waals surface area contributed by atoms with Crippen LogP contribution >= 0.6 is 0 Å². The molecule has 2 amide bonds. The van der Waals surface area contributed by atoms with Crippen LogP contribution in [0.2, 0.25) is 0 Å². The van der Waals surface area contributed by atoms with E-state index in [0.29, 0.717) is 49.5 Å². The van der Waals surface area contributed by atoms with E-state index in [-0.39, 0.29) is 17.7 Å². The van der Waals surface area contributed by atoms with Gasteiger partial charge in [0, 0.05) is 31.1 Å². The molecule has 0 saturated carbocycles. The van der Waals surface area contributed by atoms with Crippen molar-refractivity contribution in [2.24, 2.45) is 5.92 Å². The molecule has 6 heteroatoms. The van der Waals surface area contributed by atoms with Crippen molar-refractivity contribution in [3.8, 4) is 11.5 Å². The highest BCUT2D eigenvalue weighted by Gasteiger charge is 2.27. The molecule has 0 radical (unpaired) electrons. The molecule has 6 nitrogen and oxygen atoms in total. The van der Waals surface area contributed by atoms with Gasteiger partial charge in [0.2, 0.25) is 5.91 Å². The summed E-state index contributed by atoms with van der Waals surface area (Å²) in [5.41, 5.74) is 2.92. The second kappa shape index (κ2) is 10.1. The second-order valence-corrected chi connectivity index (χ2v) is 7.66. The van der Waals surface area contributed by atoms with Crippen LogP contribution in [0.5, 0.6) is 11.5 Å². The van der Waals surface area contributed by atoms with E-state index in [1.807, 2.05) is 54.3 Å². The molecule has 0 aromatic heterocycles. The molecular formula is C24H30N2O4. The lowest BCUT2D eigenvalue weighted by atomic mass is 9.95. The third-order valence-electron chi connectivity index (χ3n) is 5.61. The maximum absolute atomic E-state index is 12.6. The molecule has 1 aliphatic heterocycles. The Morgan fingerprint density at radius 3 is 2.30 bits per heavy atom. The molecule has 0 atom stereocenters. The van der Waals surface area contributed by atoms with Crippen molar-refractivity contribution in [2.45, 2.75) is 26.2 Å². The number of likely N-dealkylation sites (tertiary alicyclic amines) is 1. The van der Waals surface area contributed by atoms with Crippen LogP contribution in [0.1, 0.15) is 34.3 Å². The van der Waals surface area contributed by atoms with E-state index in [2.05, 4.69) is 5.32 Å². The third kappa shape index (κ3) is 5.32. The van der Waals surface area contributed by atoms with Gasteiger partial charge in [0.05, 0.1) is 14.2 Å². The van der Waals surface area contributed by atoms with Gasteiger partial charge in [-0.25, -0.2) is 0 Å². The topological polar surface area (TPSA) is 67.9 Å². The molecule has 1 saturated heterocycles. The molecule has 1 heterocycles. The van der Waals surface area contributed by atoms with Crippen molar-refractivity contribution >= 4 is 11.8 Å². The van der Waals surface area contributed by atoms with Crippen molar-refractivity contribution < 1.29 is 19.1 Å². The highest BCUT2D eigenvalue weighted by molar-refractivity contribution is 5.94. The maximum atomic E-state index is 12.6. The van der Waals surface area contributed by atoms with E-state index in [4.69, 9.17) is 9.47 Å². The molecule has 0 spiro atoms. The first-order chi connectivity index (χ1) is 14.5. The summed E-state index contributed by atoms with van der Waals surface area (Å²) in [4.78, 5) is 27.0. The molecule has 0 unspecified atom stereocenters. The minimum absolute atomic E-state index is 0.0438. The summed E-state index contributed by atoms with van der Waals surface area (Å²) in [6.45, 7) is 3.79. The highest BCUT2D eigenvalue weighted by Crippen LogP contribution is 2.27. The van der Waals surface area contributed by atoms with E-state index in [1.165, 1.54) is 0 Å². The number of ether oxygens (including phenoxy) is 2. The van der Waals surface area contributed by atoms with Crippen LogP contribution in [0, 0.1) is 12.8 Å². The fourth-order valence-corrected chi connectivity index (χ4v) is 3.73. The normalized spacial score (nSPS) is 14.3. The van der Waals surface area contributed by atoms with Gasteiger partial charge in [0.15, 0.2) is 11.5 Å². The van der Waals surface area contributed by atoms with Gasteiger partial charge in [-0.2, -0.15) is 0 Å². The fourth-order valence-electron chi connectivity index (χ4n) is 3.73. The average Bonchev–Trinajstić information content (AvgIpc) is 2.79. The van der Waals surface area contributed by atoms with Crippen LogP contribution < -0.4 is 14.8 Å². The molecule has 160 valence electrons. The van der Waals surface area contributed by atoms with Gasteiger partial charge in [-0.15, -0.1) is 0 Å². The van der Waals surface area contributed by atoms with Crippen molar-refractivity contribution in [1.82, 2.24) is 10.2 Å². The maximum Gasteiger partial charge on any atom is 0.253 e. The van der Waals surface area contributed by atoms with E-state index in [0.717, 1.165) is 17.5 Å². The Kier molecular flexibility index (Phi) is 7.33. The van der Waals surface area contributed by atoms with Gasteiger partial charge in [0.25, 0.3) is 5.91 Å². The Balaban J connectivity index is 1.44. The molecule has 1 N–H and O–H groups in total. The molecule has 1 aliphatic rings. The Morgan fingerprint density at radius 2 is 1.67 bits per heavy atom. The summed E-state index contributed by atoms with van der Waals surface area (Å²) in [5, 5.41) is 3.03. The Hall–Kier alpha value is -3.02. The molecule has 0 bridgehead atoms. The summed E-state index contributed by atoms with van der Waals surface area (Å²) < 4.78 is 10.6. The first-order valence-corrected chi connectivity index (χ1v) is 10.4. The lowest BCUT2D eigenvalue weighted by molar-refractivity contribution is -0.126. The highest BCUT2D eigenvalue weighted by atomic mass is 16.5. The minimum atomic E-state index is -0.0440. The van der Waals surface area contributed by atoms with Crippen LogP contribution in [0.3, 0.4) is 0 Å². The van der Waals surface area contributed by atoms with Crippen LogP contribution in [0.25, 0.3) is 0 Å². The van der Waals surface area contributed by atoms with Crippen LogP contribution in [-0.4, -0.2) is 50.6 Å².